The van der Waals surface area contributed by atoms with E-state index in [0.29, 0.717) is 12.5 Å². The Hall–Kier alpha value is -1.85. The van der Waals surface area contributed by atoms with E-state index in [9.17, 15) is 4.79 Å². The van der Waals surface area contributed by atoms with Gasteiger partial charge in [0.1, 0.15) is 17.5 Å². The molecular weight excluding hydrogens is 266 g/mol. The quantitative estimate of drug-likeness (QED) is 0.639. The molecule has 1 aliphatic carbocycles. The monoisotopic (exact) mass is 291 g/mol. The van der Waals surface area contributed by atoms with Gasteiger partial charge in [0.05, 0.1) is 0 Å². The first-order valence-electron chi connectivity index (χ1n) is 7.68. The van der Waals surface area contributed by atoms with Crippen molar-refractivity contribution in [2.45, 2.75) is 51.5 Å². The van der Waals surface area contributed by atoms with Crippen molar-refractivity contribution in [1.29, 1.82) is 0 Å². The maximum Gasteiger partial charge on any atom is 0.220 e. The summed E-state index contributed by atoms with van der Waals surface area (Å²) in [6.07, 6.45) is 3.63. The Morgan fingerprint density at radius 2 is 2.05 bits per heavy atom. The van der Waals surface area contributed by atoms with Gasteiger partial charge in [0.2, 0.25) is 5.91 Å². The summed E-state index contributed by atoms with van der Waals surface area (Å²) in [5, 5.41) is 9.30. The van der Waals surface area contributed by atoms with Crippen molar-refractivity contribution in [3.05, 3.63) is 11.9 Å². The molecule has 6 heteroatoms. The Kier molecular flexibility index (Phi) is 5.36. The summed E-state index contributed by atoms with van der Waals surface area (Å²) < 4.78 is 0. The average Bonchev–Trinajstić information content (AvgIpc) is 3.27. The molecule has 0 unspecified atom stereocenters. The van der Waals surface area contributed by atoms with Crippen molar-refractivity contribution >= 4 is 17.5 Å². The van der Waals surface area contributed by atoms with Gasteiger partial charge < -0.3 is 16.0 Å². The normalized spacial score (nSPS) is 14.1. The van der Waals surface area contributed by atoms with E-state index >= 15 is 0 Å². The van der Waals surface area contributed by atoms with Crippen molar-refractivity contribution in [3.8, 4) is 0 Å². The minimum absolute atomic E-state index is 0.153. The molecule has 1 fully saturated rings. The number of anilines is 2. The lowest BCUT2D eigenvalue weighted by atomic mass is 10.2. The van der Waals surface area contributed by atoms with Gasteiger partial charge in [-0.15, -0.1) is 0 Å². The van der Waals surface area contributed by atoms with Crippen LogP contribution >= 0.6 is 0 Å². The highest BCUT2D eigenvalue weighted by molar-refractivity contribution is 5.76. The number of nitrogens with zero attached hydrogens (tertiary/aromatic N) is 2. The number of hydrogen-bond donors (Lipinski definition) is 3. The Balaban J connectivity index is 1.78. The Labute approximate surface area is 126 Å². The SMILES string of the molecule is CNc1cc(NCCCC(=O)NC2CC2)nc(C(C)C)n1. The molecule has 3 N–H and O–H groups in total. The lowest BCUT2D eigenvalue weighted by Crippen LogP contribution is -2.25. The molecule has 116 valence electrons. The average molecular weight is 291 g/mol. The summed E-state index contributed by atoms with van der Waals surface area (Å²) in [5.74, 6) is 2.86. The van der Waals surface area contributed by atoms with Crippen LogP contribution in [0.15, 0.2) is 6.07 Å². The molecule has 0 saturated heterocycles. The lowest BCUT2D eigenvalue weighted by molar-refractivity contribution is -0.121. The molecule has 0 atom stereocenters. The van der Waals surface area contributed by atoms with Gasteiger partial charge in [-0.1, -0.05) is 13.8 Å². The van der Waals surface area contributed by atoms with Crippen molar-refractivity contribution in [2.75, 3.05) is 24.2 Å². The van der Waals surface area contributed by atoms with E-state index in [1.807, 2.05) is 13.1 Å². The van der Waals surface area contributed by atoms with Crippen LogP contribution in [0.5, 0.6) is 0 Å². The predicted molar refractivity (Wildman–Crippen MR) is 84.6 cm³/mol. The number of rotatable bonds is 8. The van der Waals surface area contributed by atoms with E-state index in [0.717, 1.165) is 43.3 Å². The maximum atomic E-state index is 11.6. The molecule has 1 amide bonds. The summed E-state index contributed by atoms with van der Waals surface area (Å²) in [6, 6.07) is 2.33. The molecule has 0 radical (unpaired) electrons. The third-order valence-corrected chi connectivity index (χ3v) is 3.35. The topological polar surface area (TPSA) is 78.9 Å². The summed E-state index contributed by atoms with van der Waals surface area (Å²) in [5.41, 5.74) is 0. The van der Waals surface area contributed by atoms with Crippen molar-refractivity contribution in [3.63, 3.8) is 0 Å². The van der Waals surface area contributed by atoms with Crippen LogP contribution in [-0.2, 0) is 4.79 Å². The predicted octanol–water partition coefficient (Wildman–Crippen LogP) is 2.11. The number of aromatic nitrogens is 2. The molecule has 1 aromatic heterocycles. The summed E-state index contributed by atoms with van der Waals surface area (Å²) >= 11 is 0. The highest BCUT2D eigenvalue weighted by Gasteiger charge is 2.22. The molecule has 1 aromatic rings. The lowest BCUT2D eigenvalue weighted by Gasteiger charge is -2.11. The first-order chi connectivity index (χ1) is 10.1. The van der Waals surface area contributed by atoms with Crippen LogP contribution in [0, 0.1) is 0 Å². The van der Waals surface area contributed by atoms with Gasteiger partial charge in [-0.3, -0.25) is 4.79 Å². The van der Waals surface area contributed by atoms with Crippen LogP contribution in [0.2, 0.25) is 0 Å². The fourth-order valence-electron chi connectivity index (χ4n) is 1.94. The van der Waals surface area contributed by atoms with Crippen LogP contribution in [0.1, 0.15) is 51.3 Å². The standard InChI is InChI=1S/C15H25N5O/c1-10(2)15-19-12(16-3)9-13(20-15)17-8-4-5-14(21)18-11-6-7-11/h9-11H,4-8H2,1-3H3,(H,18,21)(H2,16,17,19,20). The molecule has 0 aliphatic heterocycles. The van der Waals surface area contributed by atoms with E-state index in [4.69, 9.17) is 0 Å². The third kappa shape index (κ3) is 5.21. The highest BCUT2D eigenvalue weighted by Crippen LogP contribution is 2.19. The first kappa shape index (κ1) is 15.5. The molecule has 0 aromatic carbocycles. The minimum Gasteiger partial charge on any atom is -0.373 e. The fraction of sp³-hybridized carbons (Fsp3) is 0.667. The highest BCUT2D eigenvalue weighted by atomic mass is 16.1. The number of carbonyl (C=O) groups is 1. The molecule has 2 rings (SSSR count). The zero-order valence-electron chi connectivity index (χ0n) is 13.1. The van der Waals surface area contributed by atoms with Crippen LogP contribution in [-0.4, -0.2) is 35.5 Å². The van der Waals surface area contributed by atoms with E-state index in [-0.39, 0.29) is 11.8 Å². The molecule has 0 bridgehead atoms. The number of hydrogen-bond acceptors (Lipinski definition) is 5. The van der Waals surface area contributed by atoms with Crippen molar-refractivity contribution in [2.24, 2.45) is 0 Å². The van der Waals surface area contributed by atoms with Crippen LogP contribution in [0.3, 0.4) is 0 Å². The van der Waals surface area contributed by atoms with Gasteiger partial charge in [0.15, 0.2) is 0 Å². The zero-order chi connectivity index (χ0) is 15.2. The zero-order valence-corrected chi connectivity index (χ0v) is 13.1. The summed E-state index contributed by atoms with van der Waals surface area (Å²) in [4.78, 5) is 20.5. The Morgan fingerprint density at radius 3 is 2.67 bits per heavy atom. The van der Waals surface area contributed by atoms with Crippen molar-refractivity contribution in [1.82, 2.24) is 15.3 Å². The third-order valence-electron chi connectivity index (χ3n) is 3.35. The minimum atomic E-state index is 0.153. The fourth-order valence-corrected chi connectivity index (χ4v) is 1.94. The smallest absolute Gasteiger partial charge is 0.220 e. The van der Waals surface area contributed by atoms with Gasteiger partial charge in [-0.2, -0.15) is 0 Å². The van der Waals surface area contributed by atoms with Crippen molar-refractivity contribution < 1.29 is 4.79 Å². The molecule has 6 nitrogen and oxygen atoms in total. The van der Waals surface area contributed by atoms with Gasteiger partial charge in [0, 0.05) is 38.0 Å². The van der Waals surface area contributed by atoms with E-state index in [1.165, 1.54) is 0 Å². The Bertz CT molecular complexity index is 485. The number of amides is 1. The molecule has 1 saturated carbocycles. The molecular formula is C15H25N5O. The van der Waals surface area contributed by atoms with Crippen LogP contribution < -0.4 is 16.0 Å². The summed E-state index contributed by atoms with van der Waals surface area (Å²) in [7, 11) is 1.85. The second kappa shape index (κ2) is 7.24. The number of carbonyl (C=O) groups excluding carboxylic acids is 1. The summed E-state index contributed by atoms with van der Waals surface area (Å²) in [6.45, 7) is 4.87. The van der Waals surface area contributed by atoms with Gasteiger partial charge in [-0.25, -0.2) is 9.97 Å². The molecule has 0 spiro atoms. The molecule has 21 heavy (non-hydrogen) atoms. The van der Waals surface area contributed by atoms with E-state index in [2.05, 4.69) is 39.8 Å². The van der Waals surface area contributed by atoms with E-state index in [1.54, 1.807) is 0 Å². The van der Waals surface area contributed by atoms with Gasteiger partial charge in [0.25, 0.3) is 0 Å². The molecule has 1 aliphatic rings. The van der Waals surface area contributed by atoms with Gasteiger partial charge >= 0.3 is 0 Å². The van der Waals surface area contributed by atoms with Crippen LogP contribution in [0.25, 0.3) is 0 Å². The van der Waals surface area contributed by atoms with Crippen LogP contribution in [0.4, 0.5) is 11.6 Å². The Morgan fingerprint density at radius 1 is 1.33 bits per heavy atom. The number of nitrogens with one attached hydrogen (secondary N) is 3. The largest absolute Gasteiger partial charge is 0.373 e. The molecule has 1 heterocycles. The first-order valence-corrected chi connectivity index (χ1v) is 7.68. The van der Waals surface area contributed by atoms with Gasteiger partial charge in [-0.05, 0) is 19.3 Å². The van der Waals surface area contributed by atoms with E-state index < -0.39 is 0 Å². The second-order valence-electron chi connectivity index (χ2n) is 5.77. The maximum absolute atomic E-state index is 11.6. The second-order valence-corrected chi connectivity index (χ2v) is 5.77.